The van der Waals surface area contributed by atoms with Crippen molar-refractivity contribution < 1.29 is 9.47 Å². The summed E-state index contributed by atoms with van der Waals surface area (Å²) in [6.45, 7) is 3.68. The average Bonchev–Trinajstić information content (AvgIpc) is 2.46. The maximum atomic E-state index is 5.70. The fourth-order valence-electron chi connectivity index (χ4n) is 1.93. The summed E-state index contributed by atoms with van der Waals surface area (Å²) in [6.07, 6.45) is 4.26. The molecule has 5 nitrogen and oxygen atoms in total. The second-order valence-corrected chi connectivity index (χ2v) is 4.09. The molecule has 1 aromatic rings. The summed E-state index contributed by atoms with van der Waals surface area (Å²) in [5, 5.41) is 11.6. The molecule has 2 heterocycles. The summed E-state index contributed by atoms with van der Waals surface area (Å²) in [4.78, 5) is 0. The number of allylic oxidation sites excluding steroid dienone is 1. The number of hydrogen-bond acceptors (Lipinski definition) is 5. The first-order chi connectivity index (χ1) is 8.85. The zero-order valence-corrected chi connectivity index (χ0v) is 10.8. The van der Waals surface area contributed by atoms with E-state index >= 15 is 0 Å². The van der Waals surface area contributed by atoms with Crippen LogP contribution < -0.4 is 10.1 Å². The first-order valence-electron chi connectivity index (χ1n) is 6.29. The van der Waals surface area contributed by atoms with Gasteiger partial charge in [-0.2, -0.15) is 0 Å². The van der Waals surface area contributed by atoms with Gasteiger partial charge in [-0.3, -0.25) is 0 Å². The predicted octanol–water partition coefficient (Wildman–Crippen LogP) is 1.83. The molecule has 1 N–H and O–H groups in total. The lowest BCUT2D eigenvalue weighted by Gasteiger charge is -2.23. The highest BCUT2D eigenvalue weighted by atomic mass is 16.5. The Labute approximate surface area is 107 Å². The SMILES string of the molecule is CCNC(C1=CCCCO1)c1ccc(OC)nn1. The van der Waals surface area contributed by atoms with E-state index in [1.54, 1.807) is 7.11 Å². The summed E-state index contributed by atoms with van der Waals surface area (Å²) in [6, 6.07) is 3.71. The van der Waals surface area contributed by atoms with Crippen LogP contribution in [0.5, 0.6) is 5.88 Å². The van der Waals surface area contributed by atoms with Gasteiger partial charge in [-0.15, -0.1) is 10.2 Å². The molecular formula is C13H19N3O2. The van der Waals surface area contributed by atoms with Crippen molar-refractivity contribution in [1.82, 2.24) is 15.5 Å². The summed E-state index contributed by atoms with van der Waals surface area (Å²) >= 11 is 0. The van der Waals surface area contributed by atoms with E-state index in [4.69, 9.17) is 9.47 Å². The Hall–Kier alpha value is -1.62. The van der Waals surface area contributed by atoms with Gasteiger partial charge in [0.25, 0.3) is 0 Å². The Morgan fingerprint density at radius 2 is 2.33 bits per heavy atom. The van der Waals surface area contributed by atoms with Crippen LogP contribution in [0.15, 0.2) is 24.0 Å². The fraction of sp³-hybridized carbons (Fsp3) is 0.538. The van der Waals surface area contributed by atoms with Crippen molar-refractivity contribution >= 4 is 0 Å². The monoisotopic (exact) mass is 249 g/mol. The number of nitrogens with zero attached hydrogens (tertiary/aromatic N) is 2. The van der Waals surface area contributed by atoms with E-state index in [1.165, 1.54) is 0 Å². The van der Waals surface area contributed by atoms with Gasteiger partial charge < -0.3 is 14.8 Å². The lowest BCUT2D eigenvalue weighted by Crippen LogP contribution is -2.26. The van der Waals surface area contributed by atoms with E-state index in [0.717, 1.165) is 37.4 Å². The molecular weight excluding hydrogens is 230 g/mol. The molecule has 0 saturated carbocycles. The van der Waals surface area contributed by atoms with Gasteiger partial charge in [0.05, 0.1) is 19.4 Å². The Bertz CT molecular complexity index is 403. The van der Waals surface area contributed by atoms with E-state index < -0.39 is 0 Å². The summed E-state index contributed by atoms with van der Waals surface area (Å²) in [7, 11) is 1.58. The molecule has 0 bridgehead atoms. The molecule has 0 spiro atoms. The molecule has 1 unspecified atom stereocenters. The molecule has 0 aliphatic carbocycles. The van der Waals surface area contributed by atoms with Crippen LogP contribution in [0, 0.1) is 0 Å². The minimum absolute atomic E-state index is 0.0197. The quantitative estimate of drug-likeness (QED) is 0.862. The highest BCUT2D eigenvalue weighted by Gasteiger charge is 2.20. The number of hydrogen-bond donors (Lipinski definition) is 1. The van der Waals surface area contributed by atoms with Gasteiger partial charge in [0.2, 0.25) is 5.88 Å². The summed E-state index contributed by atoms with van der Waals surface area (Å²) < 4.78 is 10.7. The van der Waals surface area contributed by atoms with Gasteiger partial charge in [-0.1, -0.05) is 6.92 Å². The normalized spacial score (nSPS) is 16.7. The topological polar surface area (TPSA) is 56.3 Å². The third-order valence-electron chi connectivity index (χ3n) is 2.82. The van der Waals surface area contributed by atoms with Crippen molar-refractivity contribution in [2.24, 2.45) is 0 Å². The van der Waals surface area contributed by atoms with Crippen molar-refractivity contribution in [3.63, 3.8) is 0 Å². The van der Waals surface area contributed by atoms with Crippen LogP contribution >= 0.6 is 0 Å². The lowest BCUT2D eigenvalue weighted by molar-refractivity contribution is 0.167. The molecule has 1 aliphatic rings. The zero-order chi connectivity index (χ0) is 12.8. The Morgan fingerprint density at radius 3 is 2.89 bits per heavy atom. The van der Waals surface area contributed by atoms with Gasteiger partial charge in [0.1, 0.15) is 11.8 Å². The highest BCUT2D eigenvalue weighted by molar-refractivity contribution is 5.21. The fourth-order valence-corrected chi connectivity index (χ4v) is 1.93. The van der Waals surface area contributed by atoms with Crippen molar-refractivity contribution in [2.75, 3.05) is 20.3 Å². The first-order valence-corrected chi connectivity index (χ1v) is 6.29. The lowest BCUT2D eigenvalue weighted by atomic mass is 10.1. The second kappa shape index (κ2) is 6.35. The van der Waals surface area contributed by atoms with Crippen molar-refractivity contribution in [1.29, 1.82) is 0 Å². The van der Waals surface area contributed by atoms with E-state index in [-0.39, 0.29) is 6.04 Å². The highest BCUT2D eigenvalue weighted by Crippen LogP contribution is 2.24. The molecule has 0 fully saturated rings. The number of likely N-dealkylation sites (N-methyl/N-ethyl adjacent to an activating group) is 1. The minimum atomic E-state index is -0.0197. The van der Waals surface area contributed by atoms with E-state index in [0.29, 0.717) is 5.88 Å². The number of nitrogens with one attached hydrogen (secondary N) is 1. The molecule has 5 heteroatoms. The van der Waals surface area contributed by atoms with Crippen molar-refractivity contribution in [3.05, 3.63) is 29.7 Å². The predicted molar refractivity (Wildman–Crippen MR) is 68.3 cm³/mol. The molecule has 18 heavy (non-hydrogen) atoms. The molecule has 0 aromatic carbocycles. The number of aromatic nitrogens is 2. The zero-order valence-electron chi connectivity index (χ0n) is 10.8. The number of methoxy groups -OCH3 is 1. The van der Waals surface area contributed by atoms with E-state index in [9.17, 15) is 0 Å². The van der Waals surface area contributed by atoms with Crippen LogP contribution in [0.4, 0.5) is 0 Å². The van der Waals surface area contributed by atoms with Crippen molar-refractivity contribution in [2.45, 2.75) is 25.8 Å². The second-order valence-electron chi connectivity index (χ2n) is 4.09. The van der Waals surface area contributed by atoms with Gasteiger partial charge in [0, 0.05) is 6.07 Å². The number of ether oxygens (including phenoxy) is 2. The van der Waals surface area contributed by atoms with Crippen LogP contribution in [-0.2, 0) is 4.74 Å². The molecule has 0 radical (unpaired) electrons. The van der Waals surface area contributed by atoms with Crippen LogP contribution in [0.2, 0.25) is 0 Å². The standard InChI is InChI=1S/C13H19N3O2/c1-3-14-13(11-6-4-5-9-18-11)10-7-8-12(17-2)16-15-10/h6-8,13-14H,3-5,9H2,1-2H3. The molecule has 0 amide bonds. The maximum absolute atomic E-state index is 5.70. The molecule has 2 rings (SSSR count). The van der Waals surface area contributed by atoms with Gasteiger partial charge in [-0.25, -0.2) is 0 Å². The number of rotatable bonds is 5. The minimum Gasteiger partial charge on any atom is -0.496 e. The van der Waals surface area contributed by atoms with Gasteiger partial charge >= 0.3 is 0 Å². The van der Waals surface area contributed by atoms with Crippen LogP contribution in [0.1, 0.15) is 31.5 Å². The van der Waals surface area contributed by atoms with Crippen molar-refractivity contribution in [3.8, 4) is 5.88 Å². The smallest absolute Gasteiger partial charge is 0.233 e. The van der Waals surface area contributed by atoms with Crippen LogP contribution in [0.3, 0.4) is 0 Å². The van der Waals surface area contributed by atoms with E-state index in [2.05, 4.69) is 28.5 Å². The average molecular weight is 249 g/mol. The van der Waals surface area contributed by atoms with Crippen LogP contribution in [-0.4, -0.2) is 30.5 Å². The van der Waals surface area contributed by atoms with E-state index in [1.807, 2.05) is 12.1 Å². The third kappa shape index (κ3) is 2.98. The Kier molecular flexibility index (Phi) is 4.52. The van der Waals surface area contributed by atoms with Crippen LogP contribution in [0.25, 0.3) is 0 Å². The Balaban J connectivity index is 2.19. The largest absolute Gasteiger partial charge is 0.496 e. The Morgan fingerprint density at radius 1 is 1.44 bits per heavy atom. The van der Waals surface area contributed by atoms with Gasteiger partial charge in [0.15, 0.2) is 0 Å². The third-order valence-corrected chi connectivity index (χ3v) is 2.82. The molecule has 0 saturated heterocycles. The molecule has 1 aliphatic heterocycles. The maximum Gasteiger partial charge on any atom is 0.233 e. The first kappa shape index (κ1) is 12.8. The molecule has 98 valence electrons. The molecule has 1 aromatic heterocycles. The summed E-state index contributed by atoms with van der Waals surface area (Å²) in [5.74, 6) is 1.47. The van der Waals surface area contributed by atoms with Gasteiger partial charge in [-0.05, 0) is 31.5 Å². The summed E-state index contributed by atoms with van der Waals surface area (Å²) in [5.41, 5.74) is 0.853. The molecule has 1 atom stereocenters.